The summed E-state index contributed by atoms with van der Waals surface area (Å²) in [6.07, 6.45) is 2.36. The van der Waals surface area contributed by atoms with Crippen molar-refractivity contribution in [1.29, 1.82) is 0 Å². The third kappa shape index (κ3) is 6.87. The Kier molecular flexibility index (Phi) is 8.15. The summed E-state index contributed by atoms with van der Waals surface area (Å²) in [4.78, 5) is 42.5. The van der Waals surface area contributed by atoms with Crippen molar-refractivity contribution in [2.24, 2.45) is 0 Å². The minimum atomic E-state index is -0.700. The van der Waals surface area contributed by atoms with Crippen LogP contribution in [0.1, 0.15) is 57.6 Å². The number of carbonyl (C=O) groups is 3. The molecule has 0 bridgehead atoms. The van der Waals surface area contributed by atoms with E-state index in [1.807, 2.05) is 34.1 Å². The van der Waals surface area contributed by atoms with Gasteiger partial charge in [-0.3, -0.25) is 9.59 Å². The summed E-state index contributed by atoms with van der Waals surface area (Å²) in [5.74, 6) is -0.438. The normalized spacial score (nSPS) is 18.4. The van der Waals surface area contributed by atoms with Gasteiger partial charge in [0.2, 0.25) is 11.8 Å². The van der Waals surface area contributed by atoms with E-state index in [1.165, 1.54) is 6.07 Å². The van der Waals surface area contributed by atoms with Gasteiger partial charge in [-0.25, -0.2) is 9.18 Å². The molecule has 2 aliphatic heterocycles. The quantitative estimate of drug-likeness (QED) is 0.591. The molecule has 0 radical (unpaired) electrons. The number of halogens is 1. The third-order valence-electron chi connectivity index (χ3n) is 6.85. The first kappa shape index (κ1) is 26.6. The molecule has 3 amide bonds. The Morgan fingerprint density at radius 3 is 2.59 bits per heavy atom. The van der Waals surface area contributed by atoms with E-state index in [9.17, 15) is 18.8 Å². The number of hydrogen-bond acceptors (Lipinski definition) is 4. The lowest BCUT2D eigenvalue weighted by atomic mass is 10.00. The van der Waals surface area contributed by atoms with Crippen LogP contribution in [0.15, 0.2) is 48.5 Å². The molecule has 1 fully saturated rings. The van der Waals surface area contributed by atoms with Crippen molar-refractivity contribution in [3.63, 3.8) is 0 Å². The molecule has 4 rings (SSSR count). The molecule has 8 heteroatoms. The second kappa shape index (κ2) is 11.3. The van der Waals surface area contributed by atoms with Crippen LogP contribution in [-0.4, -0.2) is 53.6 Å². The van der Waals surface area contributed by atoms with E-state index in [4.69, 9.17) is 4.74 Å². The highest BCUT2D eigenvalue weighted by atomic mass is 19.1. The minimum absolute atomic E-state index is 0.00854. The van der Waals surface area contributed by atoms with Crippen molar-refractivity contribution in [3.05, 3.63) is 65.5 Å². The average molecular weight is 510 g/mol. The van der Waals surface area contributed by atoms with Crippen LogP contribution in [0.2, 0.25) is 0 Å². The van der Waals surface area contributed by atoms with Crippen LogP contribution in [0.3, 0.4) is 0 Å². The van der Waals surface area contributed by atoms with E-state index in [0.717, 1.165) is 30.5 Å². The van der Waals surface area contributed by atoms with Crippen LogP contribution >= 0.6 is 0 Å². The Hall–Kier alpha value is -3.42. The number of alkyl carbamates (subject to hydrolysis) is 1. The summed E-state index contributed by atoms with van der Waals surface area (Å²) in [6.45, 7) is 6.32. The molecule has 0 aromatic heterocycles. The van der Waals surface area contributed by atoms with E-state index in [1.54, 1.807) is 39.0 Å². The zero-order valence-corrected chi connectivity index (χ0v) is 21.8. The standard InChI is InChI=1S/C29H36FN3O4/c1-29(2,3)37-28(36)31-22(17-21-10-4-6-12-24(21)30)18-27(35)32-16-8-11-23(32)19-33-25-13-7-5-9-20(25)14-15-26(33)34/h4-7,9-10,12-13,22-23H,8,11,14-19H2,1-3H3,(H,31,36)/t22-,23?/m1/s1. The molecule has 37 heavy (non-hydrogen) atoms. The predicted octanol–water partition coefficient (Wildman–Crippen LogP) is 4.62. The van der Waals surface area contributed by atoms with Gasteiger partial charge >= 0.3 is 6.09 Å². The summed E-state index contributed by atoms with van der Waals surface area (Å²) in [5.41, 5.74) is 1.78. The van der Waals surface area contributed by atoms with Crippen molar-refractivity contribution in [2.75, 3.05) is 18.0 Å². The Balaban J connectivity index is 1.47. The zero-order chi connectivity index (χ0) is 26.6. The van der Waals surface area contributed by atoms with Crippen LogP contribution in [0, 0.1) is 5.82 Å². The number of nitrogens with one attached hydrogen (secondary N) is 1. The van der Waals surface area contributed by atoms with Crippen molar-refractivity contribution >= 4 is 23.6 Å². The smallest absolute Gasteiger partial charge is 0.407 e. The number of rotatable bonds is 7. The van der Waals surface area contributed by atoms with E-state index in [2.05, 4.69) is 5.32 Å². The number of ether oxygens (including phenoxy) is 1. The molecular weight excluding hydrogens is 473 g/mol. The van der Waals surface area contributed by atoms with Gasteiger partial charge in [0.25, 0.3) is 0 Å². The SMILES string of the molecule is CC(C)(C)OC(=O)N[C@@H](CC(=O)N1CCCC1CN1C(=O)CCc2ccccc21)Cc1ccccc1F. The summed E-state index contributed by atoms with van der Waals surface area (Å²) < 4.78 is 19.8. The van der Waals surface area contributed by atoms with Crippen molar-refractivity contribution in [3.8, 4) is 0 Å². The second-order valence-electron chi connectivity index (χ2n) is 10.9. The van der Waals surface area contributed by atoms with E-state index in [-0.39, 0.29) is 36.5 Å². The van der Waals surface area contributed by atoms with Gasteiger partial charge in [-0.15, -0.1) is 0 Å². The molecule has 2 aromatic rings. The number of aryl methyl sites for hydroxylation is 1. The minimum Gasteiger partial charge on any atom is -0.444 e. The third-order valence-corrected chi connectivity index (χ3v) is 6.85. The summed E-state index contributed by atoms with van der Waals surface area (Å²) in [6, 6.07) is 13.5. The molecule has 0 saturated carbocycles. The highest BCUT2D eigenvalue weighted by Gasteiger charge is 2.35. The fraction of sp³-hybridized carbons (Fsp3) is 0.483. The van der Waals surface area contributed by atoms with Gasteiger partial charge in [-0.2, -0.15) is 0 Å². The lowest BCUT2D eigenvalue weighted by Gasteiger charge is -2.35. The number of amides is 3. The highest BCUT2D eigenvalue weighted by Crippen LogP contribution is 2.30. The number of hydrogen-bond donors (Lipinski definition) is 1. The number of fused-ring (bicyclic) bond motifs is 1. The molecule has 2 heterocycles. The predicted molar refractivity (Wildman–Crippen MR) is 140 cm³/mol. The molecular formula is C29H36FN3O4. The number of anilines is 1. The highest BCUT2D eigenvalue weighted by molar-refractivity contribution is 5.96. The van der Waals surface area contributed by atoms with Crippen molar-refractivity contribution in [2.45, 2.75) is 77.0 Å². The maximum atomic E-state index is 14.4. The fourth-order valence-electron chi connectivity index (χ4n) is 5.17. The van der Waals surface area contributed by atoms with E-state index in [0.29, 0.717) is 25.1 Å². The number of para-hydroxylation sites is 1. The topological polar surface area (TPSA) is 79.0 Å². The summed E-state index contributed by atoms with van der Waals surface area (Å²) in [5, 5.41) is 2.78. The lowest BCUT2D eigenvalue weighted by Crippen LogP contribution is -2.49. The van der Waals surface area contributed by atoms with Crippen LogP contribution in [-0.2, 0) is 27.2 Å². The first-order chi connectivity index (χ1) is 17.6. The molecule has 1 saturated heterocycles. The van der Waals surface area contributed by atoms with Crippen molar-refractivity contribution < 1.29 is 23.5 Å². The molecule has 2 aromatic carbocycles. The first-order valence-electron chi connectivity index (χ1n) is 13.0. The Morgan fingerprint density at radius 1 is 1.11 bits per heavy atom. The van der Waals surface area contributed by atoms with E-state index < -0.39 is 17.7 Å². The van der Waals surface area contributed by atoms with Gasteiger partial charge in [-0.05, 0) is 69.7 Å². The molecule has 0 spiro atoms. The number of nitrogens with zero attached hydrogens (tertiary/aromatic N) is 2. The van der Waals surface area contributed by atoms with Gasteiger partial charge in [0.15, 0.2) is 0 Å². The fourth-order valence-corrected chi connectivity index (χ4v) is 5.17. The van der Waals surface area contributed by atoms with Crippen LogP contribution in [0.5, 0.6) is 0 Å². The number of carbonyl (C=O) groups excluding carboxylic acids is 3. The van der Waals surface area contributed by atoms with Gasteiger partial charge in [0.1, 0.15) is 11.4 Å². The Morgan fingerprint density at radius 2 is 1.84 bits per heavy atom. The second-order valence-corrected chi connectivity index (χ2v) is 10.9. The average Bonchev–Trinajstić information content (AvgIpc) is 3.29. The van der Waals surface area contributed by atoms with Crippen LogP contribution < -0.4 is 10.2 Å². The molecule has 0 aliphatic carbocycles. The Bertz CT molecular complexity index is 1150. The molecule has 198 valence electrons. The van der Waals surface area contributed by atoms with Gasteiger partial charge < -0.3 is 19.9 Å². The molecule has 1 N–H and O–H groups in total. The molecule has 7 nitrogen and oxygen atoms in total. The van der Waals surface area contributed by atoms with Crippen LogP contribution in [0.4, 0.5) is 14.9 Å². The monoisotopic (exact) mass is 509 g/mol. The zero-order valence-electron chi connectivity index (χ0n) is 21.8. The Labute approximate surface area is 218 Å². The summed E-state index contributed by atoms with van der Waals surface area (Å²) in [7, 11) is 0. The molecule has 1 unspecified atom stereocenters. The van der Waals surface area contributed by atoms with Crippen LogP contribution in [0.25, 0.3) is 0 Å². The van der Waals surface area contributed by atoms with Gasteiger partial charge in [0.05, 0.1) is 0 Å². The lowest BCUT2D eigenvalue weighted by molar-refractivity contribution is -0.132. The van der Waals surface area contributed by atoms with Gasteiger partial charge in [-0.1, -0.05) is 36.4 Å². The molecule has 2 aliphatic rings. The van der Waals surface area contributed by atoms with Gasteiger partial charge in [0, 0.05) is 43.7 Å². The number of benzene rings is 2. The maximum Gasteiger partial charge on any atom is 0.407 e. The number of likely N-dealkylation sites (tertiary alicyclic amines) is 1. The molecule has 2 atom stereocenters. The van der Waals surface area contributed by atoms with E-state index >= 15 is 0 Å². The largest absolute Gasteiger partial charge is 0.444 e. The summed E-state index contributed by atoms with van der Waals surface area (Å²) >= 11 is 0. The maximum absolute atomic E-state index is 14.4. The van der Waals surface area contributed by atoms with Crippen molar-refractivity contribution in [1.82, 2.24) is 10.2 Å². The first-order valence-corrected chi connectivity index (χ1v) is 13.0.